The van der Waals surface area contributed by atoms with Crippen LogP contribution in [0.2, 0.25) is 0 Å². The van der Waals surface area contributed by atoms with Crippen LogP contribution in [0, 0.1) is 0 Å². The highest BCUT2D eigenvalue weighted by atomic mass is 16.2. The van der Waals surface area contributed by atoms with Gasteiger partial charge in [-0.15, -0.1) is 10.2 Å². The molecule has 1 aromatic heterocycles. The molecule has 0 aromatic carbocycles. The van der Waals surface area contributed by atoms with E-state index in [1.54, 1.807) is 11.8 Å². The molecule has 2 amide bonds. The van der Waals surface area contributed by atoms with E-state index in [0.717, 1.165) is 31.0 Å². The summed E-state index contributed by atoms with van der Waals surface area (Å²) in [5.41, 5.74) is 5.31. The Morgan fingerprint density at radius 1 is 1.29 bits per heavy atom. The van der Waals surface area contributed by atoms with Gasteiger partial charge in [0.25, 0.3) is 0 Å². The monoisotopic (exact) mass is 292 g/mol. The van der Waals surface area contributed by atoms with Gasteiger partial charge in [-0.05, 0) is 19.4 Å². The predicted molar refractivity (Wildman–Crippen MR) is 73.9 cm³/mol. The zero-order valence-electron chi connectivity index (χ0n) is 12.2. The van der Waals surface area contributed by atoms with Gasteiger partial charge in [-0.2, -0.15) is 0 Å². The molecule has 0 aliphatic carbocycles. The molecule has 1 fully saturated rings. The first kappa shape index (κ1) is 14.0. The van der Waals surface area contributed by atoms with Crippen LogP contribution in [0.25, 0.3) is 0 Å². The van der Waals surface area contributed by atoms with Gasteiger partial charge in [-0.25, -0.2) is 0 Å². The molecule has 0 spiro atoms. The predicted octanol–water partition coefficient (Wildman–Crippen LogP) is -0.738. The lowest BCUT2D eigenvalue weighted by Gasteiger charge is -2.29. The Morgan fingerprint density at radius 3 is 2.81 bits per heavy atom. The first-order valence-corrected chi connectivity index (χ1v) is 7.26. The van der Waals surface area contributed by atoms with Gasteiger partial charge in [0.15, 0.2) is 11.6 Å². The molecule has 1 saturated heterocycles. The Labute approximate surface area is 122 Å². The molecule has 2 N–H and O–H groups in total. The van der Waals surface area contributed by atoms with Gasteiger partial charge >= 0.3 is 0 Å². The molecule has 3 heterocycles. The quantitative estimate of drug-likeness (QED) is 0.791. The lowest BCUT2D eigenvalue weighted by Crippen LogP contribution is -2.39. The van der Waals surface area contributed by atoms with Crippen molar-refractivity contribution in [3.8, 4) is 0 Å². The fraction of sp³-hybridized carbons (Fsp3) is 0.692. The number of amides is 2. The van der Waals surface area contributed by atoms with Gasteiger partial charge in [0.2, 0.25) is 11.8 Å². The number of hydrogen-bond acceptors (Lipinski definition) is 5. The number of rotatable bonds is 3. The van der Waals surface area contributed by atoms with Crippen LogP contribution in [-0.2, 0) is 22.7 Å². The summed E-state index contributed by atoms with van der Waals surface area (Å²) in [5.74, 6) is 1.45. The van der Waals surface area contributed by atoms with E-state index in [1.807, 2.05) is 0 Å². The van der Waals surface area contributed by atoms with Crippen molar-refractivity contribution in [1.29, 1.82) is 0 Å². The molecule has 3 rings (SSSR count). The Balaban J connectivity index is 1.81. The number of fused-ring (bicyclic) bond motifs is 1. The Hall–Kier alpha value is -1.96. The van der Waals surface area contributed by atoms with Crippen molar-refractivity contribution in [2.24, 2.45) is 5.73 Å². The van der Waals surface area contributed by atoms with Gasteiger partial charge in [0.1, 0.15) is 0 Å². The van der Waals surface area contributed by atoms with Gasteiger partial charge in [-0.1, -0.05) is 0 Å². The van der Waals surface area contributed by atoms with Crippen LogP contribution in [0.3, 0.4) is 0 Å². The van der Waals surface area contributed by atoms with E-state index in [-0.39, 0.29) is 24.4 Å². The van der Waals surface area contributed by atoms with E-state index in [2.05, 4.69) is 19.7 Å². The molecule has 8 heteroatoms. The van der Waals surface area contributed by atoms with Crippen molar-refractivity contribution in [1.82, 2.24) is 24.6 Å². The maximum Gasteiger partial charge on any atom is 0.231 e. The standard InChI is InChI=1S/C13H20N6O2/c1-9(20)17-5-6-19-12(8-17)15-16-13(19)10-3-2-4-18(10)7-11(14)21/h10H,2-8H2,1H3,(H2,14,21)/t10-/m0/s1. The minimum absolute atomic E-state index is 0.0574. The van der Waals surface area contributed by atoms with Gasteiger partial charge in [-0.3, -0.25) is 14.5 Å². The third-order valence-electron chi connectivity index (χ3n) is 4.25. The average molecular weight is 292 g/mol. The summed E-state index contributed by atoms with van der Waals surface area (Å²) in [7, 11) is 0. The lowest BCUT2D eigenvalue weighted by molar-refractivity contribution is -0.130. The molecule has 2 aliphatic heterocycles. The zero-order chi connectivity index (χ0) is 15.0. The van der Waals surface area contributed by atoms with E-state index < -0.39 is 0 Å². The van der Waals surface area contributed by atoms with Gasteiger partial charge < -0.3 is 15.2 Å². The van der Waals surface area contributed by atoms with E-state index in [9.17, 15) is 9.59 Å². The van der Waals surface area contributed by atoms with Crippen LogP contribution in [0.4, 0.5) is 0 Å². The minimum Gasteiger partial charge on any atom is -0.369 e. The van der Waals surface area contributed by atoms with E-state index in [1.165, 1.54) is 0 Å². The highest BCUT2D eigenvalue weighted by molar-refractivity contribution is 5.76. The van der Waals surface area contributed by atoms with Crippen LogP contribution in [0.5, 0.6) is 0 Å². The molecule has 0 unspecified atom stereocenters. The zero-order valence-corrected chi connectivity index (χ0v) is 12.2. The molecule has 2 aliphatic rings. The molecule has 1 aromatic rings. The van der Waals surface area contributed by atoms with Crippen LogP contribution in [0.15, 0.2) is 0 Å². The summed E-state index contributed by atoms with van der Waals surface area (Å²) in [4.78, 5) is 26.5. The fourth-order valence-electron chi connectivity index (χ4n) is 3.20. The molecule has 21 heavy (non-hydrogen) atoms. The van der Waals surface area contributed by atoms with Crippen molar-refractivity contribution >= 4 is 11.8 Å². The third kappa shape index (κ3) is 2.63. The van der Waals surface area contributed by atoms with Crippen molar-refractivity contribution in [3.63, 3.8) is 0 Å². The van der Waals surface area contributed by atoms with Crippen LogP contribution < -0.4 is 5.73 Å². The molecule has 114 valence electrons. The summed E-state index contributed by atoms with van der Waals surface area (Å²) < 4.78 is 2.09. The third-order valence-corrected chi connectivity index (χ3v) is 4.25. The van der Waals surface area contributed by atoms with E-state index in [0.29, 0.717) is 19.6 Å². The van der Waals surface area contributed by atoms with Crippen molar-refractivity contribution in [2.45, 2.75) is 38.9 Å². The van der Waals surface area contributed by atoms with E-state index >= 15 is 0 Å². The molecule has 1 atom stereocenters. The van der Waals surface area contributed by atoms with Gasteiger partial charge in [0.05, 0.1) is 19.1 Å². The summed E-state index contributed by atoms with van der Waals surface area (Å²) >= 11 is 0. The van der Waals surface area contributed by atoms with Crippen LogP contribution in [0.1, 0.15) is 37.5 Å². The molecule has 0 saturated carbocycles. The van der Waals surface area contributed by atoms with Crippen LogP contribution in [-0.4, -0.2) is 56.0 Å². The largest absolute Gasteiger partial charge is 0.369 e. The number of carbonyl (C=O) groups is 2. The molecule has 8 nitrogen and oxygen atoms in total. The SMILES string of the molecule is CC(=O)N1CCn2c(nnc2[C@@H]2CCCN2CC(N)=O)C1. The highest BCUT2D eigenvalue weighted by Crippen LogP contribution is 2.31. The average Bonchev–Trinajstić information content (AvgIpc) is 3.03. The number of aromatic nitrogens is 3. The Kier molecular flexibility index (Phi) is 3.62. The van der Waals surface area contributed by atoms with Crippen molar-refractivity contribution in [2.75, 3.05) is 19.6 Å². The normalized spacial score (nSPS) is 22.3. The number of nitrogens with zero attached hydrogens (tertiary/aromatic N) is 5. The van der Waals surface area contributed by atoms with Crippen molar-refractivity contribution < 1.29 is 9.59 Å². The summed E-state index contributed by atoms with van der Waals surface area (Å²) in [6.07, 6.45) is 1.99. The highest BCUT2D eigenvalue weighted by Gasteiger charge is 2.33. The maximum atomic E-state index is 11.5. The molecular weight excluding hydrogens is 272 g/mol. The Morgan fingerprint density at radius 2 is 2.10 bits per heavy atom. The maximum absolute atomic E-state index is 11.5. The number of hydrogen-bond donors (Lipinski definition) is 1. The second-order valence-corrected chi connectivity index (χ2v) is 5.66. The second kappa shape index (κ2) is 5.44. The molecule has 0 bridgehead atoms. The van der Waals surface area contributed by atoms with E-state index in [4.69, 9.17) is 5.73 Å². The summed E-state index contributed by atoms with van der Waals surface area (Å²) in [6, 6.07) is 0.0997. The molecule has 0 radical (unpaired) electrons. The lowest BCUT2D eigenvalue weighted by atomic mass is 10.2. The first-order chi connectivity index (χ1) is 10.1. The minimum atomic E-state index is -0.317. The fourth-order valence-corrected chi connectivity index (χ4v) is 3.20. The number of nitrogens with two attached hydrogens (primary N) is 1. The summed E-state index contributed by atoms with van der Waals surface area (Å²) in [5, 5.41) is 8.54. The van der Waals surface area contributed by atoms with Gasteiger partial charge in [0, 0.05) is 20.0 Å². The number of likely N-dealkylation sites (tertiary alicyclic amines) is 1. The molecular formula is C13H20N6O2. The second-order valence-electron chi connectivity index (χ2n) is 5.66. The smallest absolute Gasteiger partial charge is 0.231 e. The number of carbonyl (C=O) groups excluding carboxylic acids is 2. The topological polar surface area (TPSA) is 97.3 Å². The first-order valence-electron chi connectivity index (χ1n) is 7.26. The Bertz CT molecular complexity index is 569. The van der Waals surface area contributed by atoms with Crippen LogP contribution >= 0.6 is 0 Å². The van der Waals surface area contributed by atoms with Crippen molar-refractivity contribution in [3.05, 3.63) is 11.6 Å². The number of primary amides is 1. The summed E-state index contributed by atoms with van der Waals surface area (Å²) in [6.45, 7) is 4.57.